The lowest BCUT2D eigenvalue weighted by atomic mass is 10.9. The van der Waals surface area contributed by atoms with Gasteiger partial charge in [-0.1, -0.05) is 0 Å². The highest BCUT2D eigenvalue weighted by atomic mass is 16.2. The van der Waals surface area contributed by atoms with Gasteiger partial charge in [0.25, 0.3) is 0 Å². The lowest BCUT2D eigenvalue weighted by molar-refractivity contribution is 0.518. The van der Waals surface area contributed by atoms with Gasteiger partial charge in [0, 0.05) is 19.4 Å². The van der Waals surface area contributed by atoms with Crippen LogP contribution in [0.15, 0.2) is 33.1 Å². The number of imidazole rings is 1. The molecule has 78 valence electrons. The Morgan fingerprint density at radius 3 is 2.60 bits per heavy atom. The summed E-state index contributed by atoms with van der Waals surface area (Å²) in [4.78, 5) is 39.7. The van der Waals surface area contributed by atoms with E-state index < -0.39 is 17.1 Å². The normalized spacial score (nSPS) is 10.5. The van der Waals surface area contributed by atoms with E-state index in [0.717, 1.165) is 9.24 Å². The molecular formula is C7H7N5O3. The first-order valence-corrected chi connectivity index (χ1v) is 4.02. The zero-order valence-corrected chi connectivity index (χ0v) is 7.75. The molecule has 0 atom stereocenters. The Labute approximate surface area is 82.0 Å². The van der Waals surface area contributed by atoms with Gasteiger partial charge in [0.05, 0.1) is 0 Å². The zero-order chi connectivity index (χ0) is 11.0. The van der Waals surface area contributed by atoms with Crippen molar-refractivity contribution in [2.45, 2.75) is 0 Å². The van der Waals surface area contributed by atoms with E-state index in [-0.39, 0.29) is 0 Å². The van der Waals surface area contributed by atoms with Crippen molar-refractivity contribution in [1.82, 2.24) is 23.9 Å². The average Bonchev–Trinajstić information content (AvgIpc) is 2.68. The smallest absolute Gasteiger partial charge is 0.257 e. The lowest BCUT2D eigenvalue weighted by Gasteiger charge is -2.04. The van der Waals surface area contributed by atoms with E-state index in [2.05, 4.69) is 4.98 Å². The highest BCUT2D eigenvalue weighted by Gasteiger charge is 2.07. The summed E-state index contributed by atoms with van der Waals surface area (Å²) >= 11 is 0. The second-order valence-corrected chi connectivity index (χ2v) is 2.83. The van der Waals surface area contributed by atoms with E-state index in [1.165, 1.54) is 30.4 Å². The molecule has 0 aliphatic heterocycles. The third kappa shape index (κ3) is 1.31. The summed E-state index contributed by atoms with van der Waals surface area (Å²) < 4.78 is 2.73. The Kier molecular flexibility index (Phi) is 1.89. The maximum Gasteiger partial charge on any atom is 0.355 e. The van der Waals surface area contributed by atoms with Gasteiger partial charge in [0.2, 0.25) is 0 Å². The molecule has 0 aliphatic carbocycles. The van der Waals surface area contributed by atoms with Gasteiger partial charge < -0.3 is 0 Å². The number of hydrogen-bond donors (Lipinski definition) is 1. The highest BCUT2D eigenvalue weighted by Crippen LogP contribution is 1.79. The van der Waals surface area contributed by atoms with Gasteiger partial charge in [-0.2, -0.15) is 0 Å². The van der Waals surface area contributed by atoms with Crippen LogP contribution in [0, 0.1) is 0 Å². The van der Waals surface area contributed by atoms with Crippen LogP contribution < -0.4 is 17.1 Å². The van der Waals surface area contributed by atoms with Crippen molar-refractivity contribution in [1.29, 1.82) is 0 Å². The SMILES string of the molecule is Cn1c(=O)[nH]c(=O)n(-n2ccnc2)c1=O. The van der Waals surface area contributed by atoms with Crippen molar-refractivity contribution in [3.63, 3.8) is 0 Å². The number of nitrogens with zero attached hydrogens (tertiary/aromatic N) is 4. The summed E-state index contributed by atoms with van der Waals surface area (Å²) in [6.07, 6.45) is 4.11. The van der Waals surface area contributed by atoms with Crippen LogP contribution in [0.3, 0.4) is 0 Å². The molecule has 8 heteroatoms. The molecule has 2 aromatic rings. The first-order chi connectivity index (χ1) is 7.11. The molecule has 0 fully saturated rings. The molecule has 0 bridgehead atoms. The second-order valence-electron chi connectivity index (χ2n) is 2.83. The van der Waals surface area contributed by atoms with Crippen molar-refractivity contribution in [2.24, 2.45) is 7.05 Å². The van der Waals surface area contributed by atoms with Gasteiger partial charge in [-0.05, 0) is 0 Å². The lowest BCUT2D eigenvalue weighted by Crippen LogP contribution is -2.50. The van der Waals surface area contributed by atoms with Crippen LogP contribution in [-0.4, -0.2) is 23.9 Å². The van der Waals surface area contributed by atoms with Crippen LogP contribution in [0.2, 0.25) is 0 Å². The summed E-state index contributed by atoms with van der Waals surface area (Å²) in [6.45, 7) is 0. The summed E-state index contributed by atoms with van der Waals surface area (Å²) in [5.41, 5.74) is -2.29. The Bertz CT molecular complexity index is 644. The summed E-state index contributed by atoms with van der Waals surface area (Å²) in [5, 5.41) is 0. The van der Waals surface area contributed by atoms with Crippen LogP contribution in [0.1, 0.15) is 0 Å². The molecule has 15 heavy (non-hydrogen) atoms. The quantitative estimate of drug-likeness (QED) is 0.573. The average molecular weight is 209 g/mol. The predicted molar refractivity (Wildman–Crippen MR) is 49.6 cm³/mol. The molecule has 8 nitrogen and oxygen atoms in total. The molecule has 0 amide bonds. The van der Waals surface area contributed by atoms with Gasteiger partial charge in [-0.15, -0.1) is 4.68 Å². The van der Waals surface area contributed by atoms with Crippen molar-refractivity contribution in [3.8, 4) is 0 Å². The number of rotatable bonds is 1. The largest absolute Gasteiger partial charge is 0.355 e. The summed E-state index contributed by atoms with van der Waals surface area (Å²) in [7, 11) is 1.27. The molecule has 0 spiro atoms. The Morgan fingerprint density at radius 1 is 1.27 bits per heavy atom. The van der Waals surface area contributed by atoms with E-state index in [0.29, 0.717) is 0 Å². The van der Waals surface area contributed by atoms with Crippen LogP contribution in [0.4, 0.5) is 0 Å². The van der Waals surface area contributed by atoms with Crippen molar-refractivity contribution >= 4 is 0 Å². The van der Waals surface area contributed by atoms with Gasteiger partial charge in [-0.3, -0.25) is 4.98 Å². The summed E-state index contributed by atoms with van der Waals surface area (Å²) in [6, 6.07) is 0. The standard InChI is InChI=1S/C7H7N5O3/c1-10-5(13)9-6(14)12(7(10)15)11-3-2-8-4-11/h2-4H,1H3,(H,9,13,14). The van der Waals surface area contributed by atoms with E-state index >= 15 is 0 Å². The van der Waals surface area contributed by atoms with E-state index in [1.54, 1.807) is 0 Å². The topological polar surface area (TPSA) is 94.7 Å². The van der Waals surface area contributed by atoms with Crippen LogP contribution in [0.25, 0.3) is 0 Å². The van der Waals surface area contributed by atoms with E-state index in [1.807, 2.05) is 4.98 Å². The van der Waals surface area contributed by atoms with E-state index in [9.17, 15) is 14.4 Å². The minimum Gasteiger partial charge on any atom is -0.257 e. The molecule has 2 aromatic heterocycles. The monoisotopic (exact) mass is 209 g/mol. The molecule has 0 radical (unpaired) electrons. The Hall–Kier alpha value is -2.38. The molecular weight excluding hydrogens is 202 g/mol. The molecule has 1 N–H and O–H groups in total. The van der Waals surface area contributed by atoms with Crippen LogP contribution in [0.5, 0.6) is 0 Å². The summed E-state index contributed by atoms with van der Waals surface area (Å²) in [5.74, 6) is 0. The van der Waals surface area contributed by atoms with Gasteiger partial charge in [-0.25, -0.2) is 28.6 Å². The maximum absolute atomic E-state index is 11.6. The van der Waals surface area contributed by atoms with Gasteiger partial charge in [0.15, 0.2) is 0 Å². The van der Waals surface area contributed by atoms with Crippen LogP contribution >= 0.6 is 0 Å². The van der Waals surface area contributed by atoms with Crippen molar-refractivity contribution < 1.29 is 0 Å². The minimum atomic E-state index is -0.805. The molecule has 0 aromatic carbocycles. The molecule has 0 aliphatic rings. The first kappa shape index (κ1) is 9.19. The third-order valence-corrected chi connectivity index (χ3v) is 1.90. The van der Waals surface area contributed by atoms with Crippen LogP contribution in [-0.2, 0) is 7.05 Å². The Morgan fingerprint density at radius 2 is 2.00 bits per heavy atom. The second kappa shape index (κ2) is 3.08. The highest BCUT2D eigenvalue weighted by molar-refractivity contribution is 4.80. The first-order valence-electron chi connectivity index (χ1n) is 4.02. The molecule has 0 saturated carbocycles. The van der Waals surface area contributed by atoms with Crippen molar-refractivity contribution in [3.05, 3.63) is 50.2 Å². The third-order valence-electron chi connectivity index (χ3n) is 1.90. The predicted octanol–water partition coefficient (Wildman–Crippen LogP) is -2.26. The number of aromatic nitrogens is 5. The minimum absolute atomic E-state index is 0.734. The molecule has 2 heterocycles. The fourth-order valence-corrected chi connectivity index (χ4v) is 1.12. The fraction of sp³-hybridized carbons (Fsp3) is 0.143. The molecule has 2 rings (SSSR count). The number of aromatic amines is 1. The van der Waals surface area contributed by atoms with E-state index in [4.69, 9.17) is 0 Å². The number of nitrogens with one attached hydrogen (secondary N) is 1. The number of hydrogen-bond acceptors (Lipinski definition) is 4. The zero-order valence-electron chi connectivity index (χ0n) is 7.75. The molecule has 0 saturated heterocycles. The maximum atomic E-state index is 11.6. The number of H-pyrrole nitrogens is 1. The Balaban J connectivity index is 2.91. The van der Waals surface area contributed by atoms with Gasteiger partial charge in [0.1, 0.15) is 6.33 Å². The fourth-order valence-electron chi connectivity index (χ4n) is 1.12. The van der Waals surface area contributed by atoms with Crippen molar-refractivity contribution in [2.75, 3.05) is 0 Å². The molecule has 0 unspecified atom stereocenters. The van der Waals surface area contributed by atoms with Gasteiger partial charge >= 0.3 is 17.1 Å².